The van der Waals surface area contributed by atoms with Gasteiger partial charge in [-0.3, -0.25) is 4.68 Å². The fraction of sp³-hybridized carbons (Fsp3) is 0.700. The number of aromatic nitrogens is 2. The Morgan fingerprint density at radius 1 is 1.73 bits per heavy atom. The van der Waals surface area contributed by atoms with Gasteiger partial charge in [-0.2, -0.15) is 5.10 Å². The van der Waals surface area contributed by atoms with E-state index in [9.17, 15) is 5.11 Å². The molecule has 0 bridgehead atoms. The Bertz CT molecular complexity index is 316. The van der Waals surface area contributed by atoms with Crippen molar-refractivity contribution in [2.45, 2.75) is 38.8 Å². The summed E-state index contributed by atoms with van der Waals surface area (Å²) in [5.41, 5.74) is 5.41. The average Bonchev–Trinajstić information content (AvgIpc) is 2.47. The highest BCUT2D eigenvalue weighted by atomic mass is 35.5. The van der Waals surface area contributed by atoms with Gasteiger partial charge in [0.15, 0.2) is 0 Å². The van der Waals surface area contributed by atoms with Gasteiger partial charge in [0.25, 0.3) is 0 Å². The van der Waals surface area contributed by atoms with E-state index in [1.807, 2.05) is 13.8 Å². The van der Waals surface area contributed by atoms with Crippen LogP contribution in [0.15, 0.2) is 6.20 Å². The third-order valence-corrected chi connectivity index (χ3v) is 2.85. The maximum absolute atomic E-state index is 9.83. The molecule has 1 heterocycles. The van der Waals surface area contributed by atoms with Crippen LogP contribution in [0.4, 0.5) is 0 Å². The molecule has 0 aliphatic carbocycles. The lowest BCUT2D eigenvalue weighted by Gasteiger charge is -2.25. The summed E-state index contributed by atoms with van der Waals surface area (Å²) < 4.78 is 1.77. The van der Waals surface area contributed by atoms with Crippen molar-refractivity contribution in [1.82, 2.24) is 9.78 Å². The molecule has 3 N–H and O–H groups in total. The second kappa shape index (κ2) is 4.51. The Balaban J connectivity index is 2.73. The van der Waals surface area contributed by atoms with Crippen LogP contribution in [0.3, 0.4) is 0 Å². The van der Waals surface area contributed by atoms with Crippen LogP contribution in [0.2, 0.25) is 5.02 Å². The zero-order valence-corrected chi connectivity index (χ0v) is 10.1. The lowest BCUT2D eigenvalue weighted by Crippen LogP contribution is -2.36. The maximum Gasteiger partial charge on any atom is 0.0815 e. The molecule has 0 fully saturated rings. The lowest BCUT2D eigenvalue weighted by molar-refractivity contribution is 0.0449. The highest BCUT2D eigenvalue weighted by Crippen LogP contribution is 2.22. The molecular weight excluding hydrogens is 214 g/mol. The molecule has 0 spiro atoms. The quantitative estimate of drug-likeness (QED) is 0.826. The Morgan fingerprint density at radius 3 is 2.73 bits per heavy atom. The van der Waals surface area contributed by atoms with Crippen LogP contribution in [0.25, 0.3) is 0 Å². The van der Waals surface area contributed by atoms with Crippen molar-refractivity contribution in [2.24, 2.45) is 5.73 Å². The third-order valence-electron chi connectivity index (χ3n) is 2.48. The number of halogens is 1. The number of nitrogens with two attached hydrogens (primary N) is 1. The number of rotatable bonds is 4. The summed E-state index contributed by atoms with van der Waals surface area (Å²) >= 11 is 5.91. The van der Waals surface area contributed by atoms with Crippen LogP contribution in [0.1, 0.15) is 32.0 Å². The van der Waals surface area contributed by atoms with Crippen molar-refractivity contribution in [2.75, 3.05) is 6.54 Å². The monoisotopic (exact) mass is 231 g/mol. The normalized spacial score (nSPS) is 17.5. The predicted octanol–water partition coefficient (Wildman–Crippen LogP) is 1.51. The second-order valence-corrected chi connectivity index (χ2v) is 4.70. The van der Waals surface area contributed by atoms with Crippen LogP contribution in [0.5, 0.6) is 0 Å². The fourth-order valence-electron chi connectivity index (χ4n) is 1.50. The molecule has 2 unspecified atom stereocenters. The van der Waals surface area contributed by atoms with Crippen LogP contribution in [-0.2, 0) is 0 Å². The molecule has 1 aromatic rings. The molecule has 0 aromatic carbocycles. The van der Waals surface area contributed by atoms with Gasteiger partial charge < -0.3 is 10.8 Å². The van der Waals surface area contributed by atoms with Crippen LogP contribution in [0, 0.1) is 6.92 Å². The van der Waals surface area contributed by atoms with Crippen molar-refractivity contribution in [1.29, 1.82) is 0 Å². The van der Waals surface area contributed by atoms with Crippen LogP contribution in [-0.4, -0.2) is 27.0 Å². The molecule has 0 saturated heterocycles. The molecule has 0 radical (unpaired) electrons. The van der Waals surface area contributed by atoms with E-state index in [1.165, 1.54) is 0 Å². The number of nitrogens with zero attached hydrogens (tertiary/aromatic N) is 2. The van der Waals surface area contributed by atoms with E-state index in [4.69, 9.17) is 17.3 Å². The summed E-state index contributed by atoms with van der Waals surface area (Å²) in [7, 11) is 0. The minimum atomic E-state index is -0.855. The SMILES string of the molecule is Cc1nn(C(C)CC(C)(O)CN)cc1Cl. The molecule has 0 aliphatic rings. The first-order chi connectivity index (χ1) is 6.85. The van der Waals surface area contributed by atoms with Gasteiger partial charge in [-0.1, -0.05) is 11.6 Å². The Kier molecular flexibility index (Phi) is 3.76. The Hall–Kier alpha value is -0.580. The first kappa shape index (κ1) is 12.5. The number of aryl methyl sites for hydroxylation is 1. The Morgan fingerprint density at radius 2 is 2.33 bits per heavy atom. The van der Waals surface area contributed by atoms with Gasteiger partial charge in [0.1, 0.15) is 0 Å². The van der Waals surface area contributed by atoms with Crippen LogP contribution < -0.4 is 5.73 Å². The highest BCUT2D eigenvalue weighted by molar-refractivity contribution is 6.31. The van der Waals surface area contributed by atoms with E-state index in [0.29, 0.717) is 11.4 Å². The fourth-order valence-corrected chi connectivity index (χ4v) is 1.64. The predicted molar refractivity (Wildman–Crippen MR) is 61.0 cm³/mol. The van der Waals surface area contributed by atoms with E-state index < -0.39 is 5.60 Å². The molecule has 2 atom stereocenters. The average molecular weight is 232 g/mol. The van der Waals surface area contributed by atoms with Crippen molar-refractivity contribution in [3.63, 3.8) is 0 Å². The van der Waals surface area contributed by atoms with Crippen molar-refractivity contribution >= 4 is 11.6 Å². The number of hydrogen-bond donors (Lipinski definition) is 2. The van der Waals surface area contributed by atoms with E-state index >= 15 is 0 Å². The molecule has 1 rings (SSSR count). The summed E-state index contributed by atoms with van der Waals surface area (Å²) in [5, 5.41) is 14.7. The van der Waals surface area contributed by atoms with Crippen molar-refractivity contribution < 1.29 is 5.11 Å². The largest absolute Gasteiger partial charge is 0.389 e. The molecule has 86 valence electrons. The first-order valence-corrected chi connectivity index (χ1v) is 5.37. The molecule has 5 heteroatoms. The lowest BCUT2D eigenvalue weighted by atomic mass is 9.98. The molecule has 0 aliphatic heterocycles. The molecule has 0 amide bonds. The summed E-state index contributed by atoms with van der Waals surface area (Å²) in [6.45, 7) is 5.80. The van der Waals surface area contributed by atoms with Gasteiger partial charge in [-0.25, -0.2) is 0 Å². The van der Waals surface area contributed by atoms with Crippen LogP contribution >= 0.6 is 11.6 Å². The van der Waals surface area contributed by atoms with Crippen molar-refractivity contribution in [3.05, 3.63) is 16.9 Å². The molecule has 15 heavy (non-hydrogen) atoms. The topological polar surface area (TPSA) is 64.1 Å². The zero-order valence-electron chi connectivity index (χ0n) is 9.37. The van der Waals surface area contributed by atoms with Gasteiger partial charge in [0, 0.05) is 12.7 Å². The molecular formula is C10H18ClN3O. The number of aliphatic hydroxyl groups is 1. The summed E-state index contributed by atoms with van der Waals surface area (Å²) in [6.07, 6.45) is 2.33. The van der Waals surface area contributed by atoms with Gasteiger partial charge in [-0.15, -0.1) is 0 Å². The van der Waals surface area contributed by atoms with E-state index in [-0.39, 0.29) is 12.6 Å². The molecule has 0 saturated carbocycles. The molecule has 4 nitrogen and oxygen atoms in total. The standard InChI is InChI=1S/C10H18ClN3O/c1-7(4-10(3,15)6-12)14-5-9(11)8(2)13-14/h5,7,15H,4,6,12H2,1-3H3. The second-order valence-electron chi connectivity index (χ2n) is 4.30. The smallest absolute Gasteiger partial charge is 0.0815 e. The number of hydrogen-bond acceptors (Lipinski definition) is 3. The van der Waals surface area contributed by atoms with E-state index in [2.05, 4.69) is 5.10 Å². The maximum atomic E-state index is 9.83. The van der Waals surface area contributed by atoms with E-state index in [1.54, 1.807) is 17.8 Å². The zero-order chi connectivity index (χ0) is 11.6. The summed E-state index contributed by atoms with van der Waals surface area (Å²) in [6, 6.07) is 0.0785. The Labute approximate surface area is 95.0 Å². The summed E-state index contributed by atoms with van der Waals surface area (Å²) in [5.74, 6) is 0. The summed E-state index contributed by atoms with van der Waals surface area (Å²) in [4.78, 5) is 0. The van der Waals surface area contributed by atoms with Crippen molar-refractivity contribution in [3.8, 4) is 0 Å². The molecule has 1 aromatic heterocycles. The minimum absolute atomic E-state index is 0.0785. The van der Waals surface area contributed by atoms with Gasteiger partial charge in [-0.05, 0) is 27.2 Å². The van der Waals surface area contributed by atoms with Gasteiger partial charge in [0.05, 0.1) is 22.4 Å². The first-order valence-electron chi connectivity index (χ1n) is 4.99. The third kappa shape index (κ3) is 3.19. The van der Waals surface area contributed by atoms with Gasteiger partial charge in [0.2, 0.25) is 0 Å². The minimum Gasteiger partial charge on any atom is -0.389 e. The van der Waals surface area contributed by atoms with Gasteiger partial charge >= 0.3 is 0 Å². The highest BCUT2D eigenvalue weighted by Gasteiger charge is 2.23. The van der Waals surface area contributed by atoms with E-state index in [0.717, 1.165) is 5.69 Å².